The van der Waals surface area contributed by atoms with Crippen LogP contribution in [-0.2, 0) is 14.3 Å². The van der Waals surface area contributed by atoms with Crippen LogP contribution in [-0.4, -0.2) is 56.9 Å². The molecule has 0 bridgehead atoms. The van der Waals surface area contributed by atoms with Gasteiger partial charge in [-0.3, -0.25) is 15.6 Å². The van der Waals surface area contributed by atoms with Crippen molar-refractivity contribution in [1.82, 2.24) is 15.1 Å². The predicted octanol–water partition coefficient (Wildman–Crippen LogP) is 2.20. The molecule has 9 heteroatoms. The quantitative estimate of drug-likeness (QED) is 0.265. The largest absolute Gasteiger partial charge is 0.385 e. The molecule has 0 radical (unpaired) electrons. The summed E-state index contributed by atoms with van der Waals surface area (Å²) in [4.78, 5) is 39.2. The summed E-state index contributed by atoms with van der Waals surface area (Å²) in [5.41, 5.74) is 6.13. The Morgan fingerprint density at radius 2 is 1.74 bits per heavy atom. The summed E-state index contributed by atoms with van der Waals surface area (Å²) in [6, 6.07) is 18.8. The van der Waals surface area contributed by atoms with Crippen LogP contribution in [0.4, 0.5) is 0 Å². The Morgan fingerprint density at radius 3 is 2.32 bits per heavy atom. The molecule has 4 rings (SSSR count). The van der Waals surface area contributed by atoms with Gasteiger partial charge in [0.25, 0.3) is 0 Å². The Bertz CT molecular complexity index is 1140. The van der Waals surface area contributed by atoms with Crippen molar-refractivity contribution >= 4 is 17.8 Å². The second-order valence-electron chi connectivity index (χ2n) is 8.33. The Hall–Kier alpha value is -3.82. The topological polar surface area (TPSA) is 139 Å². The first kappa shape index (κ1) is 23.3. The maximum Gasteiger partial charge on any atom is 0.364 e. The Kier molecular flexibility index (Phi) is 6.85. The fourth-order valence-electron chi connectivity index (χ4n) is 3.79. The number of aromatic nitrogens is 2. The van der Waals surface area contributed by atoms with E-state index in [0.717, 1.165) is 23.1 Å². The van der Waals surface area contributed by atoms with E-state index in [1.807, 2.05) is 54.6 Å². The number of hydrogen-bond acceptors (Lipinski definition) is 7. The normalized spacial score (nSPS) is 15.6. The molecule has 1 aromatic heterocycles. The molecule has 1 amide bonds. The van der Waals surface area contributed by atoms with Crippen molar-refractivity contribution in [2.24, 2.45) is 5.73 Å². The van der Waals surface area contributed by atoms with Gasteiger partial charge in [0, 0.05) is 25.7 Å². The lowest BCUT2D eigenvalue weighted by Crippen LogP contribution is -2.50. The molecule has 34 heavy (non-hydrogen) atoms. The van der Waals surface area contributed by atoms with Crippen LogP contribution in [0.1, 0.15) is 41.2 Å². The van der Waals surface area contributed by atoms with Crippen LogP contribution in [0.2, 0.25) is 0 Å². The van der Waals surface area contributed by atoms with E-state index < -0.39 is 23.6 Å². The molecule has 4 N–H and O–H groups in total. The number of nitrogens with one attached hydrogen (secondary N) is 1. The fraction of sp³-hybridized carbons (Fsp3) is 0.280. The number of H-pyrrole nitrogens is 1. The number of amides is 1. The highest BCUT2D eigenvalue weighted by Gasteiger charge is 2.38. The van der Waals surface area contributed by atoms with E-state index in [4.69, 9.17) is 5.73 Å². The van der Waals surface area contributed by atoms with Crippen molar-refractivity contribution in [3.05, 3.63) is 78.1 Å². The SMILES string of the molecule is NC(O)(CCC(C(=O)N1CCC1)c1ccc(-c2ccccc2)cc1)C(=O)OC(=O)c1ccn[nH]1. The highest BCUT2D eigenvalue weighted by atomic mass is 16.6. The number of carbonyl (C=O) groups is 3. The fourth-order valence-corrected chi connectivity index (χ4v) is 3.79. The van der Waals surface area contributed by atoms with E-state index >= 15 is 0 Å². The number of benzene rings is 2. The number of ether oxygens (including phenoxy) is 1. The number of likely N-dealkylation sites (tertiary alicyclic amines) is 1. The third-order valence-electron chi connectivity index (χ3n) is 5.96. The van der Waals surface area contributed by atoms with Gasteiger partial charge in [0.1, 0.15) is 5.69 Å². The maximum absolute atomic E-state index is 13.1. The van der Waals surface area contributed by atoms with Crippen molar-refractivity contribution < 1.29 is 24.2 Å². The summed E-state index contributed by atoms with van der Waals surface area (Å²) in [5, 5.41) is 16.5. The Morgan fingerprint density at radius 1 is 1.06 bits per heavy atom. The van der Waals surface area contributed by atoms with Gasteiger partial charge in [0.15, 0.2) is 0 Å². The Labute approximate surface area is 196 Å². The van der Waals surface area contributed by atoms with E-state index in [1.54, 1.807) is 4.90 Å². The minimum absolute atomic E-state index is 0.0477. The van der Waals surface area contributed by atoms with E-state index in [2.05, 4.69) is 14.9 Å². The summed E-state index contributed by atoms with van der Waals surface area (Å²) in [5.74, 6) is -2.98. The zero-order valence-corrected chi connectivity index (χ0v) is 18.5. The average molecular weight is 463 g/mol. The highest BCUT2D eigenvalue weighted by molar-refractivity contribution is 5.97. The minimum atomic E-state index is -2.44. The molecule has 3 aromatic rings. The van der Waals surface area contributed by atoms with E-state index in [-0.39, 0.29) is 24.4 Å². The molecule has 176 valence electrons. The molecule has 2 atom stereocenters. The van der Waals surface area contributed by atoms with Crippen LogP contribution in [0.25, 0.3) is 11.1 Å². The second kappa shape index (κ2) is 9.98. The standard InChI is InChI=1S/C25H26N4O5/c26-25(33,24(32)34-23(31)21-12-14-27-28-21)13-11-20(22(30)29-15-4-16-29)19-9-7-18(8-10-19)17-5-2-1-3-6-17/h1-3,5-10,12,14,20,33H,4,11,13,15-16,26H2,(H,27,28). The summed E-state index contributed by atoms with van der Waals surface area (Å²) >= 11 is 0. The number of rotatable bonds is 8. The van der Waals surface area contributed by atoms with Crippen LogP contribution in [0.5, 0.6) is 0 Å². The molecule has 1 aliphatic heterocycles. The van der Waals surface area contributed by atoms with Gasteiger partial charge in [-0.05, 0) is 35.6 Å². The third-order valence-corrected chi connectivity index (χ3v) is 5.96. The van der Waals surface area contributed by atoms with Gasteiger partial charge in [-0.1, -0.05) is 54.6 Å². The first-order chi connectivity index (χ1) is 16.3. The number of esters is 2. The van der Waals surface area contributed by atoms with E-state index in [1.165, 1.54) is 12.3 Å². The molecule has 1 saturated heterocycles. The lowest BCUT2D eigenvalue weighted by molar-refractivity contribution is -0.160. The molecule has 9 nitrogen and oxygen atoms in total. The molecule has 1 fully saturated rings. The van der Waals surface area contributed by atoms with Crippen molar-refractivity contribution in [3.63, 3.8) is 0 Å². The van der Waals surface area contributed by atoms with Crippen LogP contribution in [0.3, 0.4) is 0 Å². The minimum Gasteiger partial charge on any atom is -0.385 e. The summed E-state index contributed by atoms with van der Waals surface area (Å²) in [6.07, 6.45) is 2.09. The van der Waals surface area contributed by atoms with Gasteiger partial charge in [-0.2, -0.15) is 5.10 Å². The number of nitrogens with two attached hydrogens (primary N) is 1. The molecule has 0 spiro atoms. The van der Waals surface area contributed by atoms with Gasteiger partial charge in [-0.25, -0.2) is 9.59 Å². The van der Waals surface area contributed by atoms with Crippen molar-refractivity contribution in [2.45, 2.75) is 30.9 Å². The molecule has 1 aliphatic rings. The molecule has 0 saturated carbocycles. The zero-order valence-electron chi connectivity index (χ0n) is 18.5. The monoisotopic (exact) mass is 462 g/mol. The van der Waals surface area contributed by atoms with Crippen LogP contribution in [0, 0.1) is 0 Å². The maximum atomic E-state index is 13.1. The van der Waals surface area contributed by atoms with Crippen LogP contribution >= 0.6 is 0 Å². The van der Waals surface area contributed by atoms with Gasteiger partial charge in [0.05, 0.1) is 5.92 Å². The third kappa shape index (κ3) is 5.22. The molecule has 2 heterocycles. The van der Waals surface area contributed by atoms with Crippen molar-refractivity contribution in [1.29, 1.82) is 0 Å². The van der Waals surface area contributed by atoms with Crippen molar-refractivity contribution in [3.8, 4) is 11.1 Å². The predicted molar refractivity (Wildman–Crippen MR) is 123 cm³/mol. The molecular weight excluding hydrogens is 436 g/mol. The summed E-state index contributed by atoms with van der Waals surface area (Å²) < 4.78 is 4.68. The highest BCUT2D eigenvalue weighted by Crippen LogP contribution is 2.30. The van der Waals surface area contributed by atoms with E-state index in [0.29, 0.717) is 13.1 Å². The molecule has 2 aromatic carbocycles. The first-order valence-electron chi connectivity index (χ1n) is 11.1. The Balaban J connectivity index is 1.47. The molecular formula is C25H26N4O5. The van der Waals surface area contributed by atoms with Gasteiger partial charge in [0.2, 0.25) is 11.6 Å². The lowest BCUT2D eigenvalue weighted by atomic mass is 9.88. The molecule has 0 aliphatic carbocycles. The zero-order chi connectivity index (χ0) is 24.1. The van der Waals surface area contributed by atoms with Crippen molar-refractivity contribution in [2.75, 3.05) is 13.1 Å². The first-order valence-corrected chi connectivity index (χ1v) is 11.1. The van der Waals surface area contributed by atoms with E-state index in [9.17, 15) is 19.5 Å². The van der Waals surface area contributed by atoms with Gasteiger partial charge >= 0.3 is 11.9 Å². The van der Waals surface area contributed by atoms with Crippen LogP contribution in [0.15, 0.2) is 66.9 Å². The van der Waals surface area contributed by atoms with Gasteiger partial charge in [-0.15, -0.1) is 0 Å². The number of nitrogens with zero attached hydrogens (tertiary/aromatic N) is 2. The number of hydrogen-bond donors (Lipinski definition) is 3. The van der Waals surface area contributed by atoms with Gasteiger partial charge < -0.3 is 14.7 Å². The number of aliphatic hydroxyl groups is 1. The average Bonchev–Trinajstić information content (AvgIpc) is 3.34. The summed E-state index contributed by atoms with van der Waals surface area (Å²) in [7, 11) is 0. The molecule has 2 unspecified atom stereocenters. The lowest BCUT2D eigenvalue weighted by Gasteiger charge is -2.35. The smallest absolute Gasteiger partial charge is 0.364 e. The number of carbonyl (C=O) groups excluding carboxylic acids is 3. The van der Waals surface area contributed by atoms with Crippen LogP contribution < -0.4 is 5.73 Å². The summed E-state index contributed by atoms with van der Waals surface area (Å²) in [6.45, 7) is 1.34. The second-order valence-corrected chi connectivity index (χ2v) is 8.33. The number of aromatic amines is 1.